The molecule has 0 heterocycles. The van der Waals surface area contributed by atoms with Crippen molar-refractivity contribution in [3.63, 3.8) is 0 Å². The van der Waals surface area contributed by atoms with E-state index in [2.05, 4.69) is 5.32 Å². The van der Waals surface area contributed by atoms with Gasteiger partial charge in [-0.15, -0.1) is 0 Å². The number of nitrogens with one attached hydrogen (secondary N) is 1. The number of carboxylic acid groups (broad SMARTS) is 2. The highest BCUT2D eigenvalue weighted by Crippen LogP contribution is 2.24. The highest BCUT2D eigenvalue weighted by Gasteiger charge is 2.25. The van der Waals surface area contributed by atoms with Crippen molar-refractivity contribution in [2.75, 3.05) is 6.54 Å². The molecule has 6 nitrogen and oxygen atoms in total. The molecule has 162 valence electrons. The van der Waals surface area contributed by atoms with Crippen molar-refractivity contribution in [1.29, 1.82) is 0 Å². The number of halogens is 2. The summed E-state index contributed by atoms with van der Waals surface area (Å²) in [7, 11) is 0. The maximum Gasteiger partial charge on any atom is 0.320 e. The van der Waals surface area contributed by atoms with E-state index in [1.807, 2.05) is 13.8 Å². The van der Waals surface area contributed by atoms with Crippen molar-refractivity contribution in [3.05, 3.63) is 63.6 Å². The monoisotopic (exact) mass is 453 g/mol. The summed E-state index contributed by atoms with van der Waals surface area (Å²) in [6, 6.07) is 11.0. The van der Waals surface area contributed by atoms with Crippen LogP contribution in [0.1, 0.15) is 37.3 Å². The maximum absolute atomic E-state index is 11.8. The highest BCUT2D eigenvalue weighted by molar-refractivity contribution is 6.34. The van der Waals surface area contributed by atoms with Crippen molar-refractivity contribution in [2.24, 2.45) is 5.92 Å². The molecule has 0 aromatic heterocycles. The fourth-order valence-electron chi connectivity index (χ4n) is 3.03. The minimum absolute atomic E-state index is 0.00757. The molecule has 8 heteroatoms. The molecule has 0 bridgehead atoms. The molecule has 0 amide bonds. The topological polar surface area (TPSA) is 95.9 Å². The van der Waals surface area contributed by atoms with Crippen molar-refractivity contribution >= 4 is 35.1 Å². The molecule has 0 aliphatic carbocycles. The third kappa shape index (κ3) is 7.52. The van der Waals surface area contributed by atoms with Crippen LogP contribution in [0.4, 0.5) is 0 Å². The summed E-state index contributed by atoms with van der Waals surface area (Å²) in [5, 5.41) is 22.9. The number of rotatable bonds is 11. The molecular formula is C22H25Cl2NO5. The lowest BCUT2D eigenvalue weighted by molar-refractivity contribution is -0.142. The Morgan fingerprint density at radius 1 is 1.03 bits per heavy atom. The lowest BCUT2D eigenvalue weighted by Crippen LogP contribution is -2.41. The van der Waals surface area contributed by atoms with E-state index >= 15 is 0 Å². The van der Waals surface area contributed by atoms with Crippen LogP contribution in [0.15, 0.2) is 42.5 Å². The van der Waals surface area contributed by atoms with Crippen LogP contribution in [0.25, 0.3) is 0 Å². The van der Waals surface area contributed by atoms with Crippen molar-refractivity contribution in [1.82, 2.24) is 5.32 Å². The number of carboxylic acids is 2. The van der Waals surface area contributed by atoms with E-state index in [1.54, 1.807) is 42.5 Å². The highest BCUT2D eigenvalue weighted by atomic mass is 35.5. The van der Waals surface area contributed by atoms with Crippen LogP contribution in [-0.2, 0) is 16.2 Å². The Labute approximate surface area is 185 Å². The first-order chi connectivity index (χ1) is 14.2. The van der Waals surface area contributed by atoms with Crippen LogP contribution < -0.4 is 10.1 Å². The minimum atomic E-state index is -1.05. The van der Waals surface area contributed by atoms with Crippen LogP contribution in [0.2, 0.25) is 10.0 Å². The molecule has 0 fully saturated rings. The lowest BCUT2D eigenvalue weighted by Gasteiger charge is -2.20. The van der Waals surface area contributed by atoms with Gasteiger partial charge in [-0.25, -0.2) is 0 Å². The smallest absolute Gasteiger partial charge is 0.320 e. The summed E-state index contributed by atoms with van der Waals surface area (Å²) < 4.78 is 5.76. The molecule has 0 spiro atoms. The summed E-state index contributed by atoms with van der Waals surface area (Å²) in [5.41, 5.74) is 1.30. The molecule has 0 saturated heterocycles. The van der Waals surface area contributed by atoms with Gasteiger partial charge < -0.3 is 20.3 Å². The van der Waals surface area contributed by atoms with Crippen LogP contribution in [-0.4, -0.2) is 34.7 Å². The number of hydrogen-bond donors (Lipinski definition) is 3. The van der Waals surface area contributed by atoms with E-state index in [1.165, 1.54) is 0 Å². The Balaban J connectivity index is 2.09. The molecule has 30 heavy (non-hydrogen) atoms. The molecule has 2 aromatic carbocycles. The van der Waals surface area contributed by atoms with Crippen LogP contribution in [0.5, 0.6) is 5.75 Å². The lowest BCUT2D eigenvalue weighted by atomic mass is 9.97. The van der Waals surface area contributed by atoms with Gasteiger partial charge in [-0.1, -0.05) is 49.2 Å². The van der Waals surface area contributed by atoms with Gasteiger partial charge in [-0.05, 0) is 53.8 Å². The van der Waals surface area contributed by atoms with Gasteiger partial charge >= 0.3 is 11.9 Å². The Morgan fingerprint density at radius 2 is 1.70 bits per heavy atom. The van der Waals surface area contributed by atoms with Crippen LogP contribution >= 0.6 is 23.2 Å². The Morgan fingerprint density at radius 3 is 2.27 bits per heavy atom. The maximum atomic E-state index is 11.8. The van der Waals surface area contributed by atoms with Crippen molar-refractivity contribution < 1.29 is 24.5 Å². The zero-order valence-electron chi connectivity index (χ0n) is 16.8. The number of carbonyl (C=O) groups is 2. The molecular weight excluding hydrogens is 429 g/mol. The summed E-state index contributed by atoms with van der Waals surface area (Å²) in [6.45, 7) is 4.04. The van der Waals surface area contributed by atoms with Crippen LogP contribution in [0, 0.1) is 5.92 Å². The quantitative estimate of drug-likeness (QED) is 0.450. The van der Waals surface area contributed by atoms with E-state index in [0.29, 0.717) is 27.8 Å². The molecule has 0 saturated carbocycles. The minimum Gasteiger partial charge on any atom is -0.489 e. The molecule has 2 atom stereocenters. The van der Waals surface area contributed by atoms with Crippen LogP contribution in [0.3, 0.4) is 0 Å². The van der Waals surface area contributed by atoms with E-state index in [0.717, 1.165) is 5.56 Å². The average molecular weight is 454 g/mol. The van der Waals surface area contributed by atoms with E-state index in [4.69, 9.17) is 27.9 Å². The van der Waals surface area contributed by atoms with Gasteiger partial charge in [0.25, 0.3) is 0 Å². The van der Waals surface area contributed by atoms with E-state index < -0.39 is 23.9 Å². The molecule has 2 unspecified atom stereocenters. The first-order valence-electron chi connectivity index (χ1n) is 9.52. The van der Waals surface area contributed by atoms with Gasteiger partial charge in [-0.3, -0.25) is 9.59 Å². The second-order valence-corrected chi connectivity index (χ2v) is 8.33. The first-order valence-corrected chi connectivity index (χ1v) is 10.3. The Bertz CT molecular complexity index is 867. The molecule has 0 aliphatic heterocycles. The van der Waals surface area contributed by atoms with Crippen molar-refractivity contribution in [2.45, 2.75) is 38.8 Å². The number of benzene rings is 2. The SMILES string of the molecule is CC(C)CC(NCC(C(=O)O)c1cccc(OCc2cc(Cl)cc(Cl)c2)c1)C(=O)O. The standard InChI is InChI=1S/C22H25Cl2NO5/c1-13(2)6-20(22(28)29)25-11-19(21(26)27)15-4-3-5-18(9-15)30-12-14-7-16(23)10-17(24)8-14/h3-5,7-10,13,19-20,25H,6,11-12H2,1-2H3,(H,26,27)(H,28,29). The van der Waals surface area contributed by atoms with Gasteiger partial charge in [0.2, 0.25) is 0 Å². The molecule has 3 N–H and O–H groups in total. The summed E-state index contributed by atoms with van der Waals surface area (Å²) >= 11 is 12.0. The van der Waals surface area contributed by atoms with Crippen molar-refractivity contribution in [3.8, 4) is 5.75 Å². The van der Waals surface area contributed by atoms with Gasteiger partial charge in [0.15, 0.2) is 0 Å². The largest absolute Gasteiger partial charge is 0.489 e. The fraction of sp³-hybridized carbons (Fsp3) is 0.364. The third-order valence-electron chi connectivity index (χ3n) is 4.46. The van der Waals surface area contributed by atoms with Gasteiger partial charge in [0.1, 0.15) is 18.4 Å². The normalized spacial score (nSPS) is 13.1. The fourth-order valence-corrected chi connectivity index (χ4v) is 3.60. The van der Waals surface area contributed by atoms with E-state index in [9.17, 15) is 19.8 Å². The number of aliphatic carboxylic acids is 2. The predicted octanol–water partition coefficient (Wildman–Crippen LogP) is 4.83. The first kappa shape index (κ1) is 24.0. The van der Waals surface area contributed by atoms with Gasteiger partial charge in [0, 0.05) is 16.6 Å². The second-order valence-electron chi connectivity index (χ2n) is 7.46. The van der Waals surface area contributed by atoms with Gasteiger partial charge in [0.05, 0.1) is 5.92 Å². The van der Waals surface area contributed by atoms with E-state index in [-0.39, 0.29) is 19.1 Å². The Kier molecular flexibility index (Phi) is 8.96. The number of ether oxygens (including phenoxy) is 1. The molecule has 2 aromatic rings. The predicted molar refractivity (Wildman–Crippen MR) is 116 cm³/mol. The zero-order chi connectivity index (χ0) is 22.3. The third-order valence-corrected chi connectivity index (χ3v) is 4.90. The zero-order valence-corrected chi connectivity index (χ0v) is 18.3. The summed E-state index contributed by atoms with van der Waals surface area (Å²) in [5.74, 6) is -2.30. The average Bonchev–Trinajstić information content (AvgIpc) is 2.64. The summed E-state index contributed by atoms with van der Waals surface area (Å²) in [6.07, 6.45) is 0.410. The molecule has 2 rings (SSSR count). The number of hydrogen-bond acceptors (Lipinski definition) is 4. The molecule has 0 radical (unpaired) electrons. The Hall–Kier alpha value is -2.28. The van der Waals surface area contributed by atoms with Gasteiger partial charge in [-0.2, -0.15) is 0 Å². The summed E-state index contributed by atoms with van der Waals surface area (Å²) in [4.78, 5) is 23.2. The molecule has 0 aliphatic rings. The second kappa shape index (κ2) is 11.2.